The molecule has 0 atom stereocenters. The molecule has 8 heteroatoms. The Labute approximate surface area is 165 Å². The standard InChI is InChI=1S/C20H25FN4O2S/c1-2-23-19(24-13-15-6-8-18(9-7-15)28(22,26)27)25-14-20(10-11-20)16-4-3-5-17(21)12-16/h3-9,12H,2,10-11,13-14H2,1H3,(H2,22,26,27)(H2,23,24,25). The Hall–Kier alpha value is -2.45. The maximum absolute atomic E-state index is 13.6. The van der Waals surface area contributed by atoms with Crippen molar-refractivity contribution >= 4 is 16.0 Å². The summed E-state index contributed by atoms with van der Waals surface area (Å²) >= 11 is 0. The third-order valence-electron chi connectivity index (χ3n) is 4.90. The van der Waals surface area contributed by atoms with Gasteiger partial charge in [0.2, 0.25) is 10.0 Å². The average Bonchev–Trinajstić information content (AvgIpc) is 3.45. The lowest BCUT2D eigenvalue weighted by Gasteiger charge is -2.19. The largest absolute Gasteiger partial charge is 0.357 e. The monoisotopic (exact) mass is 404 g/mol. The lowest BCUT2D eigenvalue weighted by Crippen LogP contribution is -2.41. The van der Waals surface area contributed by atoms with Crippen LogP contribution in [-0.2, 0) is 22.0 Å². The number of aliphatic imine (C=N–C) groups is 1. The fourth-order valence-electron chi connectivity index (χ4n) is 3.09. The number of nitrogens with zero attached hydrogens (tertiary/aromatic N) is 1. The van der Waals surface area contributed by atoms with Gasteiger partial charge in [0.05, 0.1) is 11.4 Å². The van der Waals surface area contributed by atoms with E-state index in [9.17, 15) is 12.8 Å². The van der Waals surface area contributed by atoms with Gasteiger partial charge in [-0.3, -0.25) is 0 Å². The number of rotatable bonds is 7. The number of hydrogen-bond acceptors (Lipinski definition) is 3. The van der Waals surface area contributed by atoms with Crippen molar-refractivity contribution < 1.29 is 12.8 Å². The maximum Gasteiger partial charge on any atom is 0.238 e. The van der Waals surface area contributed by atoms with Crippen molar-refractivity contribution in [1.82, 2.24) is 10.6 Å². The highest BCUT2D eigenvalue weighted by atomic mass is 32.2. The molecule has 28 heavy (non-hydrogen) atoms. The van der Waals surface area contributed by atoms with E-state index in [4.69, 9.17) is 5.14 Å². The molecule has 0 bridgehead atoms. The first kappa shape index (κ1) is 20.3. The number of nitrogens with two attached hydrogens (primary N) is 1. The zero-order chi connectivity index (χ0) is 20.2. The molecule has 1 fully saturated rings. The molecule has 6 nitrogen and oxygen atoms in total. The second-order valence-electron chi connectivity index (χ2n) is 7.03. The second-order valence-corrected chi connectivity index (χ2v) is 8.59. The Bertz CT molecular complexity index is 954. The summed E-state index contributed by atoms with van der Waals surface area (Å²) in [5.74, 6) is 0.452. The molecule has 0 spiro atoms. The number of halogens is 1. The normalized spacial score (nSPS) is 15.9. The molecule has 1 aliphatic rings. The van der Waals surface area contributed by atoms with Gasteiger partial charge >= 0.3 is 0 Å². The fourth-order valence-corrected chi connectivity index (χ4v) is 3.60. The summed E-state index contributed by atoms with van der Waals surface area (Å²) in [7, 11) is -3.69. The third-order valence-corrected chi connectivity index (χ3v) is 5.83. The summed E-state index contributed by atoms with van der Waals surface area (Å²) in [5.41, 5.74) is 1.83. The molecule has 1 saturated carbocycles. The highest BCUT2D eigenvalue weighted by molar-refractivity contribution is 7.89. The number of sulfonamides is 1. The quantitative estimate of drug-likeness (QED) is 0.487. The van der Waals surface area contributed by atoms with Crippen molar-refractivity contribution in [2.75, 3.05) is 13.1 Å². The number of benzene rings is 2. The molecule has 1 aliphatic carbocycles. The molecule has 2 aromatic carbocycles. The average molecular weight is 405 g/mol. The van der Waals surface area contributed by atoms with E-state index in [2.05, 4.69) is 15.6 Å². The molecule has 0 unspecified atom stereocenters. The second kappa shape index (κ2) is 8.28. The Morgan fingerprint density at radius 1 is 1.18 bits per heavy atom. The van der Waals surface area contributed by atoms with Gasteiger partial charge in [-0.05, 0) is 55.2 Å². The predicted octanol–water partition coefficient (Wildman–Crippen LogP) is 2.26. The zero-order valence-electron chi connectivity index (χ0n) is 15.8. The number of primary sulfonamides is 1. The molecular formula is C20H25FN4O2S. The van der Waals surface area contributed by atoms with Gasteiger partial charge in [-0.1, -0.05) is 24.3 Å². The summed E-state index contributed by atoms with van der Waals surface area (Å²) < 4.78 is 36.2. The van der Waals surface area contributed by atoms with Crippen LogP contribution in [0.25, 0.3) is 0 Å². The van der Waals surface area contributed by atoms with Gasteiger partial charge in [-0.25, -0.2) is 22.9 Å². The van der Waals surface area contributed by atoms with Crippen LogP contribution in [0.3, 0.4) is 0 Å². The minimum atomic E-state index is -3.69. The predicted molar refractivity (Wildman–Crippen MR) is 108 cm³/mol. The molecule has 4 N–H and O–H groups in total. The Balaban J connectivity index is 1.65. The summed E-state index contributed by atoms with van der Waals surface area (Å²) in [6.07, 6.45) is 2.02. The molecule has 2 aromatic rings. The summed E-state index contributed by atoms with van der Waals surface area (Å²) in [4.78, 5) is 4.64. The third kappa shape index (κ3) is 5.08. The minimum Gasteiger partial charge on any atom is -0.357 e. The first-order chi connectivity index (χ1) is 13.3. The van der Waals surface area contributed by atoms with Crippen molar-refractivity contribution in [3.05, 3.63) is 65.5 Å². The fraction of sp³-hybridized carbons (Fsp3) is 0.350. The molecular weight excluding hydrogens is 379 g/mol. The van der Waals surface area contributed by atoms with E-state index in [1.165, 1.54) is 18.2 Å². The van der Waals surface area contributed by atoms with E-state index in [-0.39, 0.29) is 16.1 Å². The topological polar surface area (TPSA) is 96.6 Å². The van der Waals surface area contributed by atoms with Gasteiger partial charge in [0, 0.05) is 18.5 Å². The van der Waals surface area contributed by atoms with Crippen molar-refractivity contribution in [3.63, 3.8) is 0 Å². The molecule has 0 heterocycles. The minimum absolute atomic E-state index is 0.0462. The highest BCUT2D eigenvalue weighted by Crippen LogP contribution is 2.47. The lowest BCUT2D eigenvalue weighted by atomic mass is 9.96. The van der Waals surface area contributed by atoms with E-state index in [0.717, 1.165) is 24.0 Å². The lowest BCUT2D eigenvalue weighted by molar-refractivity contribution is 0.597. The van der Waals surface area contributed by atoms with E-state index < -0.39 is 10.0 Å². The van der Waals surface area contributed by atoms with Gasteiger partial charge in [0.15, 0.2) is 5.96 Å². The molecule has 3 rings (SSSR count). The smallest absolute Gasteiger partial charge is 0.238 e. The molecule has 0 radical (unpaired) electrons. The van der Waals surface area contributed by atoms with Gasteiger partial charge in [0.1, 0.15) is 5.82 Å². The Kier molecular flexibility index (Phi) is 6.00. The van der Waals surface area contributed by atoms with Gasteiger partial charge in [-0.2, -0.15) is 0 Å². The van der Waals surface area contributed by atoms with Crippen molar-refractivity contribution in [2.24, 2.45) is 10.1 Å². The van der Waals surface area contributed by atoms with Crippen LogP contribution in [0.2, 0.25) is 0 Å². The van der Waals surface area contributed by atoms with Gasteiger partial charge in [0.25, 0.3) is 0 Å². The molecule has 150 valence electrons. The van der Waals surface area contributed by atoms with Crippen LogP contribution in [0.1, 0.15) is 30.9 Å². The summed E-state index contributed by atoms with van der Waals surface area (Å²) in [6.45, 7) is 3.76. The van der Waals surface area contributed by atoms with Crippen LogP contribution < -0.4 is 15.8 Å². The van der Waals surface area contributed by atoms with Gasteiger partial charge in [-0.15, -0.1) is 0 Å². The van der Waals surface area contributed by atoms with Crippen LogP contribution in [0, 0.1) is 5.82 Å². The summed E-state index contributed by atoms with van der Waals surface area (Å²) in [5, 5.41) is 11.7. The molecule has 0 saturated heterocycles. The Morgan fingerprint density at radius 3 is 2.46 bits per heavy atom. The zero-order valence-corrected chi connectivity index (χ0v) is 16.6. The van der Waals surface area contributed by atoms with E-state index in [0.29, 0.717) is 25.6 Å². The van der Waals surface area contributed by atoms with Crippen LogP contribution in [0.4, 0.5) is 4.39 Å². The van der Waals surface area contributed by atoms with E-state index in [1.54, 1.807) is 24.3 Å². The summed E-state index contributed by atoms with van der Waals surface area (Å²) in [6, 6.07) is 13.1. The maximum atomic E-state index is 13.6. The van der Waals surface area contributed by atoms with Crippen molar-refractivity contribution in [1.29, 1.82) is 0 Å². The first-order valence-corrected chi connectivity index (χ1v) is 10.8. The molecule has 0 aliphatic heterocycles. The number of hydrogen-bond donors (Lipinski definition) is 3. The SMILES string of the molecule is CCNC(=NCc1ccc(S(N)(=O)=O)cc1)NCC1(c2cccc(F)c2)CC1. The van der Waals surface area contributed by atoms with Crippen LogP contribution >= 0.6 is 0 Å². The van der Waals surface area contributed by atoms with Gasteiger partial charge < -0.3 is 10.6 Å². The van der Waals surface area contributed by atoms with E-state index in [1.807, 2.05) is 13.0 Å². The molecule has 0 amide bonds. The van der Waals surface area contributed by atoms with Crippen LogP contribution in [0.15, 0.2) is 58.4 Å². The first-order valence-electron chi connectivity index (χ1n) is 9.22. The molecule has 0 aromatic heterocycles. The van der Waals surface area contributed by atoms with E-state index >= 15 is 0 Å². The van der Waals surface area contributed by atoms with Crippen LogP contribution in [-0.4, -0.2) is 27.5 Å². The number of guanidine groups is 1. The van der Waals surface area contributed by atoms with Crippen molar-refractivity contribution in [3.8, 4) is 0 Å². The Morgan fingerprint density at radius 2 is 1.89 bits per heavy atom. The van der Waals surface area contributed by atoms with Crippen LogP contribution in [0.5, 0.6) is 0 Å². The van der Waals surface area contributed by atoms with Crippen molar-refractivity contribution in [2.45, 2.75) is 36.6 Å². The highest BCUT2D eigenvalue weighted by Gasteiger charge is 2.44. The number of nitrogens with one attached hydrogen (secondary N) is 2.